The second-order valence-electron chi connectivity index (χ2n) is 8.48. The van der Waals surface area contributed by atoms with Crippen molar-refractivity contribution in [3.63, 3.8) is 0 Å². The van der Waals surface area contributed by atoms with E-state index in [-0.39, 0.29) is 0 Å². The first-order chi connectivity index (χ1) is 13.0. The minimum absolute atomic E-state index is 0.465. The fourth-order valence-corrected chi connectivity index (χ4v) is 4.77. The fraction of sp³-hybridized carbons (Fsp3) is 0.619. The van der Waals surface area contributed by atoms with E-state index < -0.39 is 0 Å². The summed E-state index contributed by atoms with van der Waals surface area (Å²) in [7, 11) is 3.96. The Morgan fingerprint density at radius 2 is 1.96 bits per heavy atom. The number of likely N-dealkylation sites (tertiary alicyclic amines) is 2. The van der Waals surface area contributed by atoms with Crippen LogP contribution in [0.4, 0.5) is 0 Å². The van der Waals surface area contributed by atoms with Crippen LogP contribution in [0.5, 0.6) is 5.75 Å². The molecule has 2 saturated heterocycles. The highest BCUT2D eigenvalue weighted by Gasteiger charge is 2.46. The van der Waals surface area contributed by atoms with Gasteiger partial charge in [0.05, 0.1) is 13.7 Å². The number of fused-ring (bicyclic) bond motifs is 1. The van der Waals surface area contributed by atoms with Crippen LogP contribution in [0.2, 0.25) is 0 Å². The molecule has 0 radical (unpaired) electrons. The summed E-state index contributed by atoms with van der Waals surface area (Å²) in [5.41, 5.74) is 1.38. The molecular formula is C21H30N4O2. The number of hydrogen-bond acceptors (Lipinski definition) is 6. The highest BCUT2D eigenvalue weighted by Crippen LogP contribution is 2.44. The molecule has 1 aromatic carbocycles. The third-order valence-electron chi connectivity index (χ3n) is 5.89. The van der Waals surface area contributed by atoms with Crippen LogP contribution in [0.1, 0.15) is 37.2 Å². The molecule has 0 spiro atoms. The summed E-state index contributed by atoms with van der Waals surface area (Å²) in [4.78, 5) is 9.57. The van der Waals surface area contributed by atoms with Crippen molar-refractivity contribution in [1.29, 1.82) is 0 Å². The number of methoxy groups -OCH3 is 1. The summed E-state index contributed by atoms with van der Waals surface area (Å²) < 4.78 is 10.7. The molecule has 3 heterocycles. The topological polar surface area (TPSA) is 54.6 Å². The predicted molar refractivity (Wildman–Crippen MR) is 103 cm³/mol. The zero-order valence-electron chi connectivity index (χ0n) is 16.8. The van der Waals surface area contributed by atoms with Crippen molar-refractivity contribution in [2.24, 2.45) is 17.8 Å². The molecule has 0 amide bonds. The first-order valence-electron chi connectivity index (χ1n) is 9.91. The molecule has 2 aromatic rings. The molecular weight excluding hydrogens is 340 g/mol. The molecule has 6 heteroatoms. The van der Waals surface area contributed by atoms with Crippen molar-refractivity contribution in [2.45, 2.75) is 32.9 Å². The fourth-order valence-electron chi connectivity index (χ4n) is 4.77. The quantitative estimate of drug-likeness (QED) is 0.779. The molecule has 0 saturated carbocycles. The number of aromatic nitrogens is 2. The Labute approximate surface area is 161 Å². The minimum Gasteiger partial charge on any atom is -0.497 e. The molecule has 0 aliphatic carbocycles. The first kappa shape index (κ1) is 18.4. The lowest BCUT2D eigenvalue weighted by Crippen LogP contribution is -2.29. The van der Waals surface area contributed by atoms with Gasteiger partial charge in [0.15, 0.2) is 5.82 Å². The van der Waals surface area contributed by atoms with Gasteiger partial charge in [-0.1, -0.05) is 31.1 Å². The van der Waals surface area contributed by atoms with Gasteiger partial charge >= 0.3 is 0 Å². The molecule has 6 nitrogen and oxygen atoms in total. The van der Waals surface area contributed by atoms with Gasteiger partial charge in [0.25, 0.3) is 0 Å². The normalized spacial score (nSPS) is 26.0. The number of benzene rings is 1. The summed E-state index contributed by atoms with van der Waals surface area (Å²) in [6.45, 7) is 8.45. The molecule has 0 N–H and O–H groups in total. The standard InChI is InChI=1S/C21H30N4O2/c1-14(2)9-20-22-19(23-27-20)13-25-11-16-10-24(3)21(18(16)12-25)15-5-7-17(26-4)8-6-15/h5-8,14,16,18,21H,9-13H2,1-4H3/t16-,18+,21-/m0/s1. The van der Waals surface area contributed by atoms with Crippen LogP contribution in [0.25, 0.3) is 0 Å². The van der Waals surface area contributed by atoms with Gasteiger partial charge in [-0.15, -0.1) is 0 Å². The summed E-state index contributed by atoms with van der Waals surface area (Å²) in [6, 6.07) is 9.02. The van der Waals surface area contributed by atoms with E-state index in [2.05, 4.69) is 65.1 Å². The highest BCUT2D eigenvalue weighted by atomic mass is 16.5. The third-order valence-corrected chi connectivity index (χ3v) is 5.89. The van der Waals surface area contributed by atoms with E-state index in [1.54, 1.807) is 7.11 Å². The van der Waals surface area contributed by atoms with E-state index in [1.807, 2.05) is 0 Å². The molecule has 1 aromatic heterocycles. The van der Waals surface area contributed by atoms with Crippen LogP contribution in [-0.4, -0.2) is 53.7 Å². The minimum atomic E-state index is 0.465. The summed E-state index contributed by atoms with van der Waals surface area (Å²) in [5.74, 6) is 4.37. The molecule has 2 aliphatic heterocycles. The van der Waals surface area contributed by atoms with Gasteiger partial charge in [-0.05, 0) is 42.5 Å². The monoisotopic (exact) mass is 370 g/mol. The zero-order chi connectivity index (χ0) is 19.0. The molecule has 2 aliphatic rings. The molecule has 0 bridgehead atoms. The number of ether oxygens (including phenoxy) is 1. The highest BCUT2D eigenvalue weighted by molar-refractivity contribution is 5.30. The van der Waals surface area contributed by atoms with Crippen LogP contribution in [-0.2, 0) is 13.0 Å². The average Bonchev–Trinajstić information content (AvgIpc) is 3.29. The Morgan fingerprint density at radius 3 is 2.67 bits per heavy atom. The maximum absolute atomic E-state index is 5.40. The Hall–Kier alpha value is -1.92. The lowest BCUT2D eigenvalue weighted by atomic mass is 9.89. The van der Waals surface area contributed by atoms with Crippen LogP contribution in [0, 0.1) is 17.8 Å². The van der Waals surface area contributed by atoms with Crippen LogP contribution in [0.3, 0.4) is 0 Å². The van der Waals surface area contributed by atoms with Crippen LogP contribution >= 0.6 is 0 Å². The van der Waals surface area contributed by atoms with Gasteiger partial charge in [0.2, 0.25) is 5.89 Å². The van der Waals surface area contributed by atoms with Crippen molar-refractivity contribution in [3.8, 4) is 5.75 Å². The Balaban J connectivity index is 1.42. The maximum atomic E-state index is 5.40. The largest absolute Gasteiger partial charge is 0.497 e. The number of hydrogen-bond donors (Lipinski definition) is 0. The number of rotatable bonds is 6. The Morgan fingerprint density at radius 1 is 1.19 bits per heavy atom. The smallest absolute Gasteiger partial charge is 0.226 e. The summed E-state index contributed by atoms with van der Waals surface area (Å²) in [5, 5.41) is 4.19. The molecule has 27 heavy (non-hydrogen) atoms. The van der Waals surface area contributed by atoms with Gasteiger partial charge < -0.3 is 9.26 Å². The number of nitrogens with zero attached hydrogens (tertiary/aromatic N) is 4. The average molecular weight is 370 g/mol. The molecule has 4 rings (SSSR count). The summed E-state index contributed by atoms with van der Waals surface area (Å²) in [6.07, 6.45) is 0.850. The van der Waals surface area contributed by atoms with E-state index in [9.17, 15) is 0 Å². The molecule has 2 fully saturated rings. The van der Waals surface area contributed by atoms with Crippen molar-refractivity contribution in [1.82, 2.24) is 19.9 Å². The lowest BCUT2D eigenvalue weighted by Gasteiger charge is -2.26. The molecule has 0 unspecified atom stereocenters. The maximum Gasteiger partial charge on any atom is 0.226 e. The van der Waals surface area contributed by atoms with Crippen molar-refractivity contribution < 1.29 is 9.26 Å². The van der Waals surface area contributed by atoms with Crippen LogP contribution in [0.15, 0.2) is 28.8 Å². The summed E-state index contributed by atoms with van der Waals surface area (Å²) >= 11 is 0. The SMILES string of the molecule is COc1ccc([C@H]2[C@@H]3CN(Cc4noc(CC(C)C)n4)C[C@@H]3CN2C)cc1. The van der Waals surface area contributed by atoms with E-state index >= 15 is 0 Å². The van der Waals surface area contributed by atoms with Gasteiger partial charge in [-0.25, -0.2) is 0 Å². The van der Waals surface area contributed by atoms with E-state index in [0.29, 0.717) is 23.8 Å². The van der Waals surface area contributed by atoms with E-state index in [4.69, 9.17) is 9.26 Å². The van der Waals surface area contributed by atoms with E-state index in [1.165, 1.54) is 5.56 Å². The Kier molecular flexibility index (Phi) is 5.19. The van der Waals surface area contributed by atoms with Gasteiger partial charge in [-0.2, -0.15) is 4.98 Å². The van der Waals surface area contributed by atoms with Crippen molar-refractivity contribution in [3.05, 3.63) is 41.5 Å². The van der Waals surface area contributed by atoms with Gasteiger partial charge in [0.1, 0.15) is 5.75 Å². The van der Waals surface area contributed by atoms with Crippen LogP contribution < -0.4 is 4.74 Å². The van der Waals surface area contributed by atoms with E-state index in [0.717, 1.165) is 50.1 Å². The molecule has 3 atom stereocenters. The zero-order valence-corrected chi connectivity index (χ0v) is 16.8. The van der Waals surface area contributed by atoms with Gasteiger partial charge in [0, 0.05) is 32.1 Å². The lowest BCUT2D eigenvalue weighted by molar-refractivity contribution is 0.220. The van der Waals surface area contributed by atoms with Gasteiger partial charge in [-0.3, -0.25) is 9.80 Å². The first-order valence-corrected chi connectivity index (χ1v) is 9.91. The second-order valence-corrected chi connectivity index (χ2v) is 8.48. The second kappa shape index (κ2) is 7.60. The van der Waals surface area contributed by atoms with Crippen molar-refractivity contribution >= 4 is 0 Å². The van der Waals surface area contributed by atoms with Crippen molar-refractivity contribution in [2.75, 3.05) is 33.8 Å². The third kappa shape index (κ3) is 3.87. The Bertz CT molecular complexity index is 758. The predicted octanol–water partition coefficient (Wildman–Crippen LogP) is 3.01. The molecule has 146 valence electrons.